The van der Waals surface area contributed by atoms with E-state index in [1.807, 2.05) is 0 Å². The number of hydrogen-bond acceptors (Lipinski definition) is 4. The number of benzene rings is 1. The van der Waals surface area contributed by atoms with Crippen LogP contribution in [-0.2, 0) is 0 Å². The minimum atomic E-state index is -0.436. The van der Waals surface area contributed by atoms with Gasteiger partial charge in [0.1, 0.15) is 0 Å². The third-order valence-corrected chi connectivity index (χ3v) is 2.79. The van der Waals surface area contributed by atoms with Crippen molar-refractivity contribution in [1.29, 1.82) is 0 Å². The molecule has 2 N–H and O–H groups in total. The van der Waals surface area contributed by atoms with Crippen LogP contribution in [0.25, 0.3) is 0 Å². The Morgan fingerprint density at radius 3 is 2.70 bits per heavy atom. The van der Waals surface area contributed by atoms with Crippen LogP contribution >= 0.6 is 12.2 Å². The van der Waals surface area contributed by atoms with Crippen molar-refractivity contribution in [2.24, 2.45) is 5.10 Å². The second-order valence-corrected chi connectivity index (χ2v) is 4.59. The van der Waals surface area contributed by atoms with Crippen molar-refractivity contribution in [2.75, 3.05) is 6.54 Å². The molecule has 0 amide bonds. The molecule has 1 aromatic carbocycles. The summed E-state index contributed by atoms with van der Waals surface area (Å²) in [6.45, 7) is 2.97. The number of nitro benzene ring substituents is 1. The van der Waals surface area contributed by atoms with Crippen LogP contribution < -0.4 is 10.7 Å². The van der Waals surface area contributed by atoms with Gasteiger partial charge in [0.2, 0.25) is 0 Å². The first kappa shape index (κ1) is 16.0. The summed E-state index contributed by atoms with van der Waals surface area (Å²) < 4.78 is 0. The van der Waals surface area contributed by atoms with E-state index < -0.39 is 4.92 Å². The van der Waals surface area contributed by atoms with Gasteiger partial charge in [-0.3, -0.25) is 15.5 Å². The molecule has 0 spiro atoms. The average Bonchev–Trinajstić information content (AvgIpc) is 2.44. The zero-order chi connectivity index (χ0) is 14.8. The van der Waals surface area contributed by atoms with E-state index in [0.29, 0.717) is 5.11 Å². The highest BCUT2D eigenvalue weighted by Gasteiger charge is 2.02. The number of hydrazone groups is 1. The fraction of sp³-hybridized carbons (Fsp3) is 0.385. The van der Waals surface area contributed by atoms with Crippen molar-refractivity contribution < 1.29 is 4.92 Å². The highest BCUT2D eigenvalue weighted by molar-refractivity contribution is 7.80. The van der Waals surface area contributed by atoms with Gasteiger partial charge in [-0.1, -0.05) is 19.8 Å². The first-order valence-electron chi connectivity index (χ1n) is 6.45. The molecule has 7 heteroatoms. The molecule has 0 radical (unpaired) electrons. The first-order chi connectivity index (χ1) is 9.63. The molecule has 0 bridgehead atoms. The van der Waals surface area contributed by atoms with Crippen molar-refractivity contribution >= 4 is 29.2 Å². The van der Waals surface area contributed by atoms with Crippen molar-refractivity contribution in [1.82, 2.24) is 10.7 Å². The summed E-state index contributed by atoms with van der Waals surface area (Å²) in [5.41, 5.74) is 3.52. The zero-order valence-electron chi connectivity index (χ0n) is 11.3. The molecule has 0 heterocycles. The molecular weight excluding hydrogens is 276 g/mol. The predicted molar refractivity (Wildman–Crippen MR) is 84.0 cm³/mol. The Hall–Kier alpha value is -2.02. The van der Waals surface area contributed by atoms with Crippen LogP contribution in [0.4, 0.5) is 5.69 Å². The van der Waals surface area contributed by atoms with E-state index >= 15 is 0 Å². The maximum Gasteiger partial charge on any atom is 0.269 e. The zero-order valence-corrected chi connectivity index (χ0v) is 12.2. The summed E-state index contributed by atoms with van der Waals surface area (Å²) in [4.78, 5) is 10.1. The summed E-state index contributed by atoms with van der Waals surface area (Å²) in [6, 6.07) is 6.12. The smallest absolute Gasteiger partial charge is 0.269 e. The molecule has 0 fully saturated rings. The van der Waals surface area contributed by atoms with Crippen molar-refractivity contribution in [2.45, 2.75) is 26.2 Å². The first-order valence-corrected chi connectivity index (χ1v) is 6.85. The predicted octanol–water partition coefficient (Wildman–Crippen LogP) is 2.58. The number of rotatable bonds is 7. The Kier molecular flexibility index (Phi) is 7.20. The van der Waals surface area contributed by atoms with E-state index in [4.69, 9.17) is 12.2 Å². The largest absolute Gasteiger partial charge is 0.361 e. The molecule has 0 atom stereocenters. The number of thiocarbonyl (C=S) groups is 1. The minimum absolute atomic E-state index is 0.0585. The van der Waals surface area contributed by atoms with Gasteiger partial charge in [-0.15, -0.1) is 0 Å². The van der Waals surface area contributed by atoms with Crippen LogP contribution in [-0.4, -0.2) is 22.8 Å². The van der Waals surface area contributed by atoms with E-state index in [1.165, 1.54) is 25.0 Å². The minimum Gasteiger partial charge on any atom is -0.361 e. The Labute approximate surface area is 123 Å². The number of nitrogens with one attached hydrogen (secondary N) is 2. The van der Waals surface area contributed by atoms with Crippen LogP contribution in [0.5, 0.6) is 0 Å². The normalized spacial score (nSPS) is 10.4. The Balaban J connectivity index is 2.33. The lowest BCUT2D eigenvalue weighted by atomic mass is 10.2. The van der Waals surface area contributed by atoms with Gasteiger partial charge in [0.05, 0.1) is 11.1 Å². The molecule has 1 aromatic rings. The van der Waals surface area contributed by atoms with Crippen LogP contribution in [0.1, 0.15) is 31.7 Å². The molecule has 0 aliphatic heterocycles. The lowest BCUT2D eigenvalue weighted by Gasteiger charge is -2.05. The third-order valence-electron chi connectivity index (χ3n) is 2.55. The highest BCUT2D eigenvalue weighted by atomic mass is 32.1. The topological polar surface area (TPSA) is 79.6 Å². The van der Waals surface area contributed by atoms with E-state index in [9.17, 15) is 10.1 Å². The summed E-state index contributed by atoms with van der Waals surface area (Å²) in [6.07, 6.45) is 4.97. The van der Waals surface area contributed by atoms with Gasteiger partial charge >= 0.3 is 0 Å². The van der Waals surface area contributed by atoms with E-state index in [-0.39, 0.29) is 5.69 Å². The Morgan fingerprint density at radius 2 is 2.10 bits per heavy atom. The monoisotopic (exact) mass is 294 g/mol. The Bertz CT molecular complexity index is 474. The maximum absolute atomic E-state index is 10.5. The number of unbranched alkanes of at least 4 members (excludes halogenated alkanes) is 2. The second kappa shape index (κ2) is 8.98. The van der Waals surface area contributed by atoms with Gasteiger partial charge in [0.25, 0.3) is 5.69 Å². The molecule has 0 aromatic heterocycles. The number of nitro groups is 1. The fourth-order valence-corrected chi connectivity index (χ4v) is 1.62. The SMILES string of the molecule is CCCCCNC(=S)N/N=C\c1ccc([N+](=O)[O-])cc1. The van der Waals surface area contributed by atoms with E-state index in [0.717, 1.165) is 18.5 Å². The van der Waals surface area contributed by atoms with Crippen molar-refractivity contribution in [3.63, 3.8) is 0 Å². The Morgan fingerprint density at radius 1 is 1.40 bits per heavy atom. The summed E-state index contributed by atoms with van der Waals surface area (Å²) in [7, 11) is 0. The molecule has 0 unspecified atom stereocenters. The van der Waals surface area contributed by atoms with E-state index in [2.05, 4.69) is 22.8 Å². The van der Waals surface area contributed by atoms with Gasteiger partial charge in [0, 0.05) is 18.7 Å². The van der Waals surface area contributed by atoms with Gasteiger partial charge in [-0.05, 0) is 36.3 Å². The number of non-ortho nitro benzene ring substituents is 1. The molecule has 0 saturated carbocycles. The van der Waals surface area contributed by atoms with Crippen LogP contribution in [0.3, 0.4) is 0 Å². The molecular formula is C13H18N4O2S. The standard InChI is InChI=1S/C13H18N4O2S/c1-2-3-4-9-14-13(20)16-15-10-11-5-7-12(8-6-11)17(18)19/h5-8,10H,2-4,9H2,1H3,(H2,14,16,20)/b15-10-. The van der Waals surface area contributed by atoms with Crippen molar-refractivity contribution in [3.05, 3.63) is 39.9 Å². The lowest BCUT2D eigenvalue weighted by molar-refractivity contribution is -0.384. The number of nitrogens with zero attached hydrogens (tertiary/aromatic N) is 2. The molecule has 0 aliphatic rings. The van der Waals surface area contributed by atoms with Crippen LogP contribution in [0.2, 0.25) is 0 Å². The molecule has 0 aliphatic carbocycles. The molecule has 1 rings (SSSR count). The highest BCUT2D eigenvalue weighted by Crippen LogP contribution is 2.10. The van der Waals surface area contributed by atoms with Crippen molar-refractivity contribution in [3.8, 4) is 0 Å². The summed E-state index contributed by atoms with van der Waals surface area (Å²) >= 11 is 5.05. The van der Waals surface area contributed by atoms with Gasteiger partial charge < -0.3 is 5.32 Å². The van der Waals surface area contributed by atoms with Gasteiger partial charge in [-0.25, -0.2) is 0 Å². The number of hydrogen-bond donors (Lipinski definition) is 2. The fourth-order valence-electron chi connectivity index (χ4n) is 1.46. The average molecular weight is 294 g/mol. The van der Waals surface area contributed by atoms with Crippen LogP contribution in [0, 0.1) is 10.1 Å². The molecule has 0 saturated heterocycles. The van der Waals surface area contributed by atoms with Gasteiger partial charge in [0.15, 0.2) is 5.11 Å². The molecule has 20 heavy (non-hydrogen) atoms. The van der Waals surface area contributed by atoms with Crippen LogP contribution in [0.15, 0.2) is 29.4 Å². The van der Waals surface area contributed by atoms with Gasteiger partial charge in [-0.2, -0.15) is 5.10 Å². The molecule has 108 valence electrons. The summed E-state index contributed by atoms with van der Waals surface area (Å²) in [5, 5.41) is 18.0. The van der Waals surface area contributed by atoms with E-state index in [1.54, 1.807) is 18.3 Å². The second-order valence-electron chi connectivity index (χ2n) is 4.18. The third kappa shape index (κ3) is 6.24. The molecule has 6 nitrogen and oxygen atoms in total. The quantitative estimate of drug-likeness (QED) is 0.266. The lowest BCUT2D eigenvalue weighted by Crippen LogP contribution is -2.32. The maximum atomic E-state index is 10.5. The summed E-state index contributed by atoms with van der Waals surface area (Å²) in [5.74, 6) is 0.